The number of H-pyrrole nitrogens is 1. The van der Waals surface area contributed by atoms with Gasteiger partial charge in [0.25, 0.3) is 0 Å². The van der Waals surface area contributed by atoms with Crippen LogP contribution in [0.4, 0.5) is 20.2 Å². The molecule has 12 heteroatoms. The van der Waals surface area contributed by atoms with E-state index in [1.807, 2.05) is 6.92 Å². The first-order valence-corrected chi connectivity index (χ1v) is 13.0. The van der Waals surface area contributed by atoms with Gasteiger partial charge in [-0.25, -0.2) is 23.5 Å². The number of aromatic nitrogens is 4. The van der Waals surface area contributed by atoms with Crippen molar-refractivity contribution in [3.63, 3.8) is 0 Å². The SMILES string of the molecule is CCn1cc(C(=O)O)c(=O)c2cc(-c3cnc4[nH]c5c(NC)cc(F)c(F)c5c4c3N3CCC(CN)C3)cnc21. The van der Waals surface area contributed by atoms with Gasteiger partial charge >= 0.3 is 5.97 Å². The molecule has 0 radical (unpaired) electrons. The number of halogens is 2. The van der Waals surface area contributed by atoms with Crippen LogP contribution < -0.4 is 21.4 Å². The topological polar surface area (TPSA) is 142 Å². The Morgan fingerprint density at radius 3 is 2.73 bits per heavy atom. The number of nitrogens with one attached hydrogen (secondary N) is 2. The molecule has 5 heterocycles. The number of carbonyl (C=O) groups is 1. The molecule has 0 bridgehead atoms. The highest BCUT2D eigenvalue weighted by Gasteiger charge is 2.29. The molecule has 1 aromatic carbocycles. The van der Waals surface area contributed by atoms with E-state index in [1.54, 1.807) is 30.1 Å². The molecule has 1 unspecified atom stereocenters. The standard InChI is InChI=1S/C28H27F2N7O3/c1-3-36-12-17(28(39)40)25(38)15-6-14(9-34-27(15)36)16-10-33-26-21(24(16)37-5-4-13(8-31)11-37)20-22(30)18(29)7-19(32-2)23(20)35-26/h6-7,9-10,12-13,32H,3-5,8,11,31H2,1-2H3,(H,33,35)(H,39,40). The van der Waals surface area contributed by atoms with Crippen LogP contribution in [-0.4, -0.2) is 57.3 Å². The Morgan fingerprint density at radius 2 is 2.05 bits per heavy atom. The lowest BCUT2D eigenvalue weighted by atomic mass is 10.0. The van der Waals surface area contributed by atoms with Crippen molar-refractivity contribution in [1.82, 2.24) is 19.5 Å². The Bertz CT molecular complexity index is 1900. The van der Waals surface area contributed by atoms with Crippen LogP contribution in [0.15, 0.2) is 35.5 Å². The first-order chi connectivity index (χ1) is 19.3. The summed E-state index contributed by atoms with van der Waals surface area (Å²) in [6.07, 6.45) is 5.30. The summed E-state index contributed by atoms with van der Waals surface area (Å²) in [4.78, 5) is 39.3. The number of hydrogen-bond acceptors (Lipinski definition) is 7. The van der Waals surface area contributed by atoms with Crippen LogP contribution in [0.5, 0.6) is 0 Å². The van der Waals surface area contributed by atoms with Gasteiger partial charge in [0.15, 0.2) is 11.6 Å². The van der Waals surface area contributed by atoms with Gasteiger partial charge in [0.05, 0.1) is 33.1 Å². The van der Waals surface area contributed by atoms with Crippen LogP contribution in [0.2, 0.25) is 0 Å². The van der Waals surface area contributed by atoms with E-state index in [0.717, 1.165) is 12.5 Å². The van der Waals surface area contributed by atoms with Gasteiger partial charge in [-0.05, 0) is 31.9 Å². The van der Waals surface area contributed by atoms with E-state index in [4.69, 9.17) is 5.73 Å². The molecule has 5 aromatic rings. The first kappa shape index (κ1) is 25.7. The molecular formula is C28H27F2N7O3. The molecule has 1 fully saturated rings. The van der Waals surface area contributed by atoms with E-state index < -0.39 is 23.0 Å². The predicted octanol–water partition coefficient (Wildman–Crippen LogP) is 3.92. The number of fused-ring (bicyclic) bond motifs is 4. The molecule has 1 atom stereocenters. The molecule has 0 aliphatic carbocycles. The van der Waals surface area contributed by atoms with E-state index in [-0.39, 0.29) is 22.3 Å². The van der Waals surface area contributed by atoms with Crippen LogP contribution in [0.25, 0.3) is 44.1 Å². The van der Waals surface area contributed by atoms with Gasteiger partial charge < -0.3 is 30.6 Å². The summed E-state index contributed by atoms with van der Waals surface area (Å²) < 4.78 is 31.9. The number of nitrogens with two attached hydrogens (primary N) is 1. The Kier molecular flexibility index (Phi) is 6.14. The van der Waals surface area contributed by atoms with Crippen LogP contribution in [0, 0.1) is 17.6 Å². The molecule has 1 aliphatic heterocycles. The number of pyridine rings is 3. The van der Waals surface area contributed by atoms with Crippen molar-refractivity contribution in [1.29, 1.82) is 0 Å². The van der Waals surface area contributed by atoms with Crippen molar-refractivity contribution in [2.75, 3.05) is 36.9 Å². The maximum Gasteiger partial charge on any atom is 0.341 e. The molecule has 1 saturated heterocycles. The van der Waals surface area contributed by atoms with Gasteiger partial charge in [0.2, 0.25) is 5.43 Å². The van der Waals surface area contributed by atoms with Gasteiger partial charge in [0, 0.05) is 62.5 Å². The van der Waals surface area contributed by atoms with Crippen LogP contribution >= 0.6 is 0 Å². The van der Waals surface area contributed by atoms with Crippen LogP contribution in [0.1, 0.15) is 23.7 Å². The summed E-state index contributed by atoms with van der Waals surface area (Å²) in [5.74, 6) is -3.11. The second kappa shape index (κ2) is 9.56. The molecule has 40 heavy (non-hydrogen) atoms. The van der Waals surface area contributed by atoms with Crippen molar-refractivity contribution in [2.24, 2.45) is 11.7 Å². The highest BCUT2D eigenvalue weighted by molar-refractivity contribution is 6.18. The van der Waals surface area contributed by atoms with Crippen molar-refractivity contribution < 1.29 is 18.7 Å². The molecule has 6 rings (SSSR count). The summed E-state index contributed by atoms with van der Waals surface area (Å²) in [6.45, 7) is 3.94. The smallest absolute Gasteiger partial charge is 0.341 e. The van der Waals surface area contributed by atoms with E-state index in [9.17, 15) is 19.1 Å². The van der Waals surface area contributed by atoms with Gasteiger partial charge in [-0.3, -0.25) is 4.79 Å². The zero-order valence-corrected chi connectivity index (χ0v) is 21.9. The summed E-state index contributed by atoms with van der Waals surface area (Å²) in [5.41, 5.74) is 8.12. The second-order valence-electron chi connectivity index (χ2n) is 9.98. The number of nitrogens with zero attached hydrogens (tertiary/aromatic N) is 4. The molecule has 5 N–H and O–H groups in total. The molecule has 206 valence electrons. The quantitative estimate of drug-likeness (QED) is 0.251. The molecule has 1 aliphatic rings. The first-order valence-electron chi connectivity index (χ1n) is 13.0. The highest BCUT2D eigenvalue weighted by atomic mass is 19.2. The average molecular weight is 548 g/mol. The lowest BCUT2D eigenvalue weighted by Gasteiger charge is -2.23. The third-order valence-electron chi connectivity index (χ3n) is 7.76. The highest BCUT2D eigenvalue weighted by Crippen LogP contribution is 2.44. The van der Waals surface area contributed by atoms with Crippen molar-refractivity contribution in [3.8, 4) is 11.1 Å². The molecule has 10 nitrogen and oxygen atoms in total. The van der Waals surface area contributed by atoms with Gasteiger partial charge in [-0.15, -0.1) is 0 Å². The number of aromatic carboxylic acids is 1. The number of carboxylic acid groups (broad SMARTS) is 1. The minimum atomic E-state index is -1.33. The van der Waals surface area contributed by atoms with E-state index >= 15 is 4.39 Å². The van der Waals surface area contributed by atoms with E-state index in [0.29, 0.717) is 70.9 Å². The lowest BCUT2D eigenvalue weighted by molar-refractivity contribution is 0.0695. The molecule has 0 amide bonds. The number of aryl methyl sites for hydroxylation is 1. The third-order valence-corrected chi connectivity index (χ3v) is 7.76. The summed E-state index contributed by atoms with van der Waals surface area (Å²) in [7, 11) is 1.62. The molecule has 0 spiro atoms. The zero-order valence-electron chi connectivity index (χ0n) is 21.9. The molecule has 4 aromatic heterocycles. The summed E-state index contributed by atoms with van der Waals surface area (Å²) in [5, 5.41) is 13.1. The number of benzene rings is 1. The maximum absolute atomic E-state index is 15.5. The van der Waals surface area contributed by atoms with Crippen molar-refractivity contribution >= 4 is 50.3 Å². The van der Waals surface area contributed by atoms with Crippen molar-refractivity contribution in [2.45, 2.75) is 19.9 Å². The number of hydrogen-bond donors (Lipinski definition) is 4. The maximum atomic E-state index is 15.5. The lowest BCUT2D eigenvalue weighted by Crippen LogP contribution is -2.23. The zero-order chi connectivity index (χ0) is 28.3. The number of carboxylic acids is 1. The number of anilines is 2. The summed E-state index contributed by atoms with van der Waals surface area (Å²) in [6, 6.07) is 2.69. The fourth-order valence-electron chi connectivity index (χ4n) is 5.72. The van der Waals surface area contributed by atoms with Gasteiger partial charge in [-0.2, -0.15) is 0 Å². The fourth-order valence-corrected chi connectivity index (χ4v) is 5.72. The normalized spacial score (nSPS) is 15.5. The van der Waals surface area contributed by atoms with E-state index in [2.05, 4.69) is 25.2 Å². The monoisotopic (exact) mass is 547 g/mol. The largest absolute Gasteiger partial charge is 0.477 e. The number of rotatable bonds is 6. The average Bonchev–Trinajstić information content (AvgIpc) is 3.59. The molecular weight excluding hydrogens is 520 g/mol. The van der Waals surface area contributed by atoms with Crippen LogP contribution in [-0.2, 0) is 6.54 Å². The summed E-state index contributed by atoms with van der Waals surface area (Å²) >= 11 is 0. The Hall–Kier alpha value is -4.58. The van der Waals surface area contributed by atoms with E-state index in [1.165, 1.54) is 6.20 Å². The minimum Gasteiger partial charge on any atom is -0.477 e. The Labute approximate surface area is 226 Å². The number of aromatic amines is 1. The molecule has 0 saturated carbocycles. The minimum absolute atomic E-state index is 0.0650. The van der Waals surface area contributed by atoms with Gasteiger partial charge in [-0.1, -0.05) is 0 Å². The Morgan fingerprint density at radius 1 is 1.25 bits per heavy atom. The van der Waals surface area contributed by atoms with Crippen LogP contribution in [0.3, 0.4) is 0 Å². The van der Waals surface area contributed by atoms with Gasteiger partial charge in [0.1, 0.15) is 16.9 Å². The Balaban J connectivity index is 1.70. The predicted molar refractivity (Wildman–Crippen MR) is 150 cm³/mol. The fraction of sp³-hybridized carbons (Fsp3) is 0.286. The van der Waals surface area contributed by atoms with Crippen molar-refractivity contribution in [3.05, 3.63) is 58.1 Å². The second-order valence-corrected chi connectivity index (χ2v) is 9.98. The third kappa shape index (κ3) is 3.78.